The Balaban J connectivity index is 2.01. The molecule has 0 radical (unpaired) electrons. The molecule has 1 aromatic carbocycles. The van der Waals surface area contributed by atoms with Gasteiger partial charge in [-0.05, 0) is 62.0 Å². The number of benzene rings is 1. The Labute approximate surface area is 125 Å². The fourth-order valence-electron chi connectivity index (χ4n) is 3.65. The molecular weight excluding hydrogens is 242 g/mol. The smallest absolute Gasteiger partial charge is 0.00987 e. The fourth-order valence-corrected chi connectivity index (χ4v) is 3.65. The van der Waals surface area contributed by atoms with Crippen molar-refractivity contribution in [3.05, 3.63) is 35.9 Å². The maximum absolute atomic E-state index is 3.80. The van der Waals surface area contributed by atoms with Gasteiger partial charge in [-0.1, -0.05) is 51.1 Å². The zero-order valence-electron chi connectivity index (χ0n) is 13.4. The first-order chi connectivity index (χ1) is 9.70. The maximum Gasteiger partial charge on any atom is 0.00987 e. The van der Waals surface area contributed by atoms with E-state index in [1.807, 2.05) is 0 Å². The summed E-state index contributed by atoms with van der Waals surface area (Å²) in [5.41, 5.74) is 1.50. The van der Waals surface area contributed by atoms with E-state index in [9.17, 15) is 0 Å². The molecule has 1 aliphatic carbocycles. The number of rotatable bonds is 6. The van der Waals surface area contributed by atoms with Gasteiger partial charge in [-0.15, -0.1) is 0 Å². The molecule has 1 fully saturated rings. The van der Waals surface area contributed by atoms with Gasteiger partial charge in [0.05, 0.1) is 0 Å². The minimum Gasteiger partial charge on any atom is -0.314 e. The Hall–Kier alpha value is -0.820. The van der Waals surface area contributed by atoms with E-state index < -0.39 is 0 Å². The molecule has 2 rings (SSSR count). The van der Waals surface area contributed by atoms with Crippen molar-refractivity contribution in [2.75, 3.05) is 6.54 Å². The minimum absolute atomic E-state index is 0.727. The molecule has 0 spiro atoms. The summed E-state index contributed by atoms with van der Waals surface area (Å²) in [5, 5.41) is 3.80. The second kappa shape index (κ2) is 7.83. The second-order valence-electron chi connectivity index (χ2n) is 6.83. The van der Waals surface area contributed by atoms with Crippen LogP contribution < -0.4 is 5.32 Å². The topological polar surface area (TPSA) is 12.0 Å². The van der Waals surface area contributed by atoms with Crippen molar-refractivity contribution in [1.82, 2.24) is 5.32 Å². The summed E-state index contributed by atoms with van der Waals surface area (Å²) in [6.07, 6.45) is 6.65. The van der Waals surface area contributed by atoms with Gasteiger partial charge < -0.3 is 5.32 Å². The fraction of sp³-hybridized carbons (Fsp3) is 0.684. The molecule has 1 aliphatic rings. The molecule has 0 aromatic heterocycles. The molecule has 0 saturated heterocycles. The monoisotopic (exact) mass is 273 g/mol. The van der Waals surface area contributed by atoms with E-state index in [-0.39, 0.29) is 0 Å². The van der Waals surface area contributed by atoms with Crippen molar-refractivity contribution in [3.63, 3.8) is 0 Å². The van der Waals surface area contributed by atoms with Crippen LogP contribution in [0.4, 0.5) is 0 Å². The number of hydrogen-bond donors (Lipinski definition) is 1. The third-order valence-corrected chi connectivity index (χ3v) is 4.96. The first-order valence-corrected chi connectivity index (χ1v) is 8.48. The average Bonchev–Trinajstić information content (AvgIpc) is 2.47. The maximum atomic E-state index is 3.80. The summed E-state index contributed by atoms with van der Waals surface area (Å²) in [6, 6.07) is 11.8. The normalized spacial score (nSPS) is 26.9. The summed E-state index contributed by atoms with van der Waals surface area (Å²) >= 11 is 0. The van der Waals surface area contributed by atoms with Gasteiger partial charge in [-0.25, -0.2) is 0 Å². The quantitative estimate of drug-likeness (QED) is 0.794. The Morgan fingerprint density at radius 2 is 1.90 bits per heavy atom. The van der Waals surface area contributed by atoms with Crippen LogP contribution in [0.15, 0.2) is 30.3 Å². The van der Waals surface area contributed by atoms with Gasteiger partial charge in [0.25, 0.3) is 0 Å². The molecule has 0 bridgehead atoms. The summed E-state index contributed by atoms with van der Waals surface area (Å²) < 4.78 is 0. The van der Waals surface area contributed by atoms with Gasteiger partial charge in [0.15, 0.2) is 0 Å². The molecule has 1 aromatic rings. The van der Waals surface area contributed by atoms with E-state index in [4.69, 9.17) is 0 Å². The van der Waals surface area contributed by atoms with Crippen LogP contribution in [0.25, 0.3) is 0 Å². The van der Waals surface area contributed by atoms with E-state index in [2.05, 4.69) is 56.4 Å². The number of hydrogen-bond acceptors (Lipinski definition) is 1. The zero-order valence-corrected chi connectivity index (χ0v) is 13.4. The largest absolute Gasteiger partial charge is 0.314 e. The third kappa shape index (κ3) is 4.34. The van der Waals surface area contributed by atoms with Gasteiger partial charge in [-0.3, -0.25) is 0 Å². The zero-order chi connectivity index (χ0) is 14.4. The van der Waals surface area contributed by atoms with Crippen molar-refractivity contribution in [3.8, 4) is 0 Å². The molecule has 112 valence electrons. The average molecular weight is 273 g/mol. The van der Waals surface area contributed by atoms with E-state index in [0.29, 0.717) is 0 Å². The lowest BCUT2D eigenvalue weighted by molar-refractivity contribution is 0.167. The highest BCUT2D eigenvalue weighted by Gasteiger charge is 2.31. The van der Waals surface area contributed by atoms with Gasteiger partial charge in [0.2, 0.25) is 0 Å². The van der Waals surface area contributed by atoms with Crippen LogP contribution in [0, 0.1) is 17.8 Å². The van der Waals surface area contributed by atoms with Crippen LogP contribution >= 0.6 is 0 Å². The highest BCUT2D eigenvalue weighted by atomic mass is 14.9. The Morgan fingerprint density at radius 3 is 2.55 bits per heavy atom. The lowest BCUT2D eigenvalue weighted by atomic mass is 9.71. The van der Waals surface area contributed by atoms with Gasteiger partial charge >= 0.3 is 0 Å². The highest BCUT2D eigenvalue weighted by Crippen LogP contribution is 2.35. The summed E-state index contributed by atoms with van der Waals surface area (Å²) in [6.45, 7) is 8.22. The highest BCUT2D eigenvalue weighted by molar-refractivity contribution is 5.16. The molecule has 1 nitrogen and oxygen atoms in total. The Morgan fingerprint density at radius 1 is 1.15 bits per heavy atom. The molecule has 3 unspecified atom stereocenters. The first-order valence-electron chi connectivity index (χ1n) is 8.48. The van der Waals surface area contributed by atoms with Crippen LogP contribution in [-0.2, 0) is 6.42 Å². The Bertz CT molecular complexity index is 371. The summed E-state index contributed by atoms with van der Waals surface area (Å²) in [5.74, 6) is 2.56. The molecule has 20 heavy (non-hydrogen) atoms. The molecule has 3 atom stereocenters. The molecule has 1 heteroatoms. The van der Waals surface area contributed by atoms with E-state index in [1.54, 1.807) is 0 Å². The van der Waals surface area contributed by atoms with Crippen molar-refractivity contribution in [2.24, 2.45) is 17.8 Å². The summed E-state index contributed by atoms with van der Waals surface area (Å²) in [7, 11) is 0. The van der Waals surface area contributed by atoms with Crippen molar-refractivity contribution >= 4 is 0 Å². The molecule has 1 N–H and O–H groups in total. The third-order valence-electron chi connectivity index (χ3n) is 4.96. The van der Waals surface area contributed by atoms with E-state index >= 15 is 0 Å². The Kier molecular flexibility index (Phi) is 6.09. The molecule has 0 amide bonds. The van der Waals surface area contributed by atoms with Crippen molar-refractivity contribution in [1.29, 1.82) is 0 Å². The molecular formula is C19H31N. The van der Waals surface area contributed by atoms with Gasteiger partial charge in [-0.2, -0.15) is 0 Å². The standard InChI is InChI=1S/C19H31N/c1-4-12-20-19-11-10-17(15(2)3)14-18(19)13-16-8-6-5-7-9-16/h5-9,15,17-20H,4,10-14H2,1-3H3. The first kappa shape index (κ1) is 15.6. The SMILES string of the molecule is CCCNC1CCC(C(C)C)CC1Cc1ccccc1. The predicted molar refractivity (Wildman–Crippen MR) is 87.9 cm³/mol. The van der Waals surface area contributed by atoms with Crippen LogP contribution in [0.3, 0.4) is 0 Å². The summed E-state index contributed by atoms with van der Waals surface area (Å²) in [4.78, 5) is 0. The van der Waals surface area contributed by atoms with Crippen molar-refractivity contribution < 1.29 is 0 Å². The molecule has 0 heterocycles. The van der Waals surface area contributed by atoms with Crippen LogP contribution in [0.5, 0.6) is 0 Å². The van der Waals surface area contributed by atoms with Crippen LogP contribution in [-0.4, -0.2) is 12.6 Å². The lowest BCUT2D eigenvalue weighted by Gasteiger charge is -2.38. The minimum atomic E-state index is 0.727. The number of nitrogens with one attached hydrogen (secondary N) is 1. The molecule has 1 saturated carbocycles. The van der Waals surface area contributed by atoms with E-state index in [0.717, 1.165) is 23.8 Å². The van der Waals surface area contributed by atoms with E-state index in [1.165, 1.54) is 44.2 Å². The predicted octanol–water partition coefficient (Wildman–Crippen LogP) is 4.67. The second-order valence-corrected chi connectivity index (χ2v) is 6.83. The van der Waals surface area contributed by atoms with Gasteiger partial charge in [0.1, 0.15) is 0 Å². The van der Waals surface area contributed by atoms with Crippen LogP contribution in [0.1, 0.15) is 52.0 Å². The van der Waals surface area contributed by atoms with Crippen molar-refractivity contribution in [2.45, 2.75) is 58.9 Å². The van der Waals surface area contributed by atoms with Crippen LogP contribution in [0.2, 0.25) is 0 Å². The molecule has 0 aliphatic heterocycles. The lowest BCUT2D eigenvalue weighted by Crippen LogP contribution is -2.42. The van der Waals surface area contributed by atoms with Gasteiger partial charge in [0, 0.05) is 6.04 Å².